The van der Waals surface area contributed by atoms with Gasteiger partial charge in [0.25, 0.3) is 0 Å². The minimum atomic E-state index is 0.731. The van der Waals surface area contributed by atoms with E-state index in [9.17, 15) is 0 Å². The Morgan fingerprint density at radius 2 is 1.92 bits per heavy atom. The Hall–Kier alpha value is -0.460. The Morgan fingerprint density at radius 3 is 2.50 bits per heavy atom. The molecule has 0 spiro atoms. The lowest BCUT2D eigenvalue weighted by Gasteiger charge is -2.20. The van der Waals surface area contributed by atoms with Crippen molar-refractivity contribution in [3.63, 3.8) is 0 Å². The van der Waals surface area contributed by atoms with E-state index in [4.69, 9.17) is 0 Å². The molecule has 0 radical (unpaired) electrons. The second-order valence-corrected chi connectivity index (χ2v) is 3.85. The van der Waals surface area contributed by atoms with Crippen LogP contribution in [0.4, 0.5) is 0 Å². The summed E-state index contributed by atoms with van der Waals surface area (Å²) in [6, 6.07) is 0.731. The molecule has 0 fully saturated rings. The molecule has 1 aliphatic heterocycles. The number of rotatable bonds is 4. The summed E-state index contributed by atoms with van der Waals surface area (Å²) in [6.45, 7) is 6.79. The van der Waals surface area contributed by atoms with Gasteiger partial charge in [-0.2, -0.15) is 0 Å². The monoisotopic (exact) mass is 167 g/mol. The molecule has 0 aromatic rings. The molecule has 0 aromatic carbocycles. The van der Waals surface area contributed by atoms with Gasteiger partial charge in [-0.1, -0.05) is 32.3 Å². The number of hydrogen-bond acceptors (Lipinski definition) is 1. The van der Waals surface area contributed by atoms with Crippen molar-refractivity contribution >= 4 is 0 Å². The van der Waals surface area contributed by atoms with E-state index in [1.165, 1.54) is 25.7 Å². The van der Waals surface area contributed by atoms with Crippen LogP contribution in [0, 0.1) is 5.92 Å². The highest BCUT2D eigenvalue weighted by molar-refractivity contribution is 5.13. The van der Waals surface area contributed by atoms with Gasteiger partial charge in [-0.15, -0.1) is 0 Å². The summed E-state index contributed by atoms with van der Waals surface area (Å²) < 4.78 is 0. The van der Waals surface area contributed by atoms with Crippen LogP contribution < -0.4 is 5.32 Å². The predicted octanol–water partition coefficient (Wildman–Crippen LogP) is 3.08. The van der Waals surface area contributed by atoms with Crippen LogP contribution >= 0.6 is 0 Å². The van der Waals surface area contributed by atoms with Crippen LogP contribution in [0.15, 0.2) is 11.8 Å². The van der Waals surface area contributed by atoms with Crippen LogP contribution in [0.5, 0.6) is 0 Å². The largest absolute Gasteiger partial charge is 0.388 e. The summed E-state index contributed by atoms with van der Waals surface area (Å²) in [4.78, 5) is 0. The van der Waals surface area contributed by atoms with Gasteiger partial charge in [0.05, 0.1) is 0 Å². The highest BCUT2D eigenvalue weighted by Crippen LogP contribution is 2.27. The highest BCUT2D eigenvalue weighted by Gasteiger charge is 2.24. The van der Waals surface area contributed by atoms with E-state index in [0.29, 0.717) is 0 Å². The van der Waals surface area contributed by atoms with Crippen LogP contribution in [0.1, 0.15) is 46.5 Å². The summed E-state index contributed by atoms with van der Waals surface area (Å²) in [5, 5.41) is 3.48. The first-order valence-electron chi connectivity index (χ1n) is 5.22. The summed E-state index contributed by atoms with van der Waals surface area (Å²) in [7, 11) is 0. The van der Waals surface area contributed by atoms with E-state index in [1.54, 1.807) is 5.57 Å². The van der Waals surface area contributed by atoms with Gasteiger partial charge in [-0.05, 0) is 26.0 Å². The molecule has 0 saturated carbocycles. The van der Waals surface area contributed by atoms with E-state index in [-0.39, 0.29) is 0 Å². The molecule has 0 saturated heterocycles. The third-order valence-corrected chi connectivity index (χ3v) is 2.80. The van der Waals surface area contributed by atoms with Crippen molar-refractivity contribution in [2.24, 2.45) is 5.92 Å². The van der Waals surface area contributed by atoms with E-state index in [1.807, 2.05) is 0 Å². The molecule has 12 heavy (non-hydrogen) atoms. The summed E-state index contributed by atoms with van der Waals surface area (Å²) in [5.41, 5.74) is 1.55. The van der Waals surface area contributed by atoms with Crippen LogP contribution in [0.3, 0.4) is 0 Å². The molecular weight excluding hydrogens is 146 g/mol. The van der Waals surface area contributed by atoms with Crippen molar-refractivity contribution in [1.82, 2.24) is 5.32 Å². The first kappa shape index (κ1) is 9.63. The third kappa shape index (κ3) is 2.02. The fraction of sp³-hybridized carbons (Fsp3) is 0.818. The fourth-order valence-corrected chi connectivity index (χ4v) is 2.11. The van der Waals surface area contributed by atoms with Gasteiger partial charge in [0.1, 0.15) is 0 Å². The van der Waals surface area contributed by atoms with E-state index >= 15 is 0 Å². The van der Waals surface area contributed by atoms with Crippen LogP contribution in [-0.4, -0.2) is 6.04 Å². The smallest absolute Gasteiger partial charge is 0.0321 e. The lowest BCUT2D eigenvalue weighted by atomic mass is 9.89. The van der Waals surface area contributed by atoms with Crippen molar-refractivity contribution in [1.29, 1.82) is 0 Å². The molecule has 1 heteroatoms. The van der Waals surface area contributed by atoms with Gasteiger partial charge in [-0.25, -0.2) is 0 Å². The van der Waals surface area contributed by atoms with E-state index < -0.39 is 0 Å². The molecule has 1 heterocycles. The molecule has 1 nitrogen and oxygen atoms in total. The highest BCUT2D eigenvalue weighted by atomic mass is 14.9. The average molecular weight is 167 g/mol. The number of nitrogens with one attached hydrogen (secondary N) is 1. The van der Waals surface area contributed by atoms with Gasteiger partial charge < -0.3 is 5.32 Å². The average Bonchev–Trinajstić information content (AvgIpc) is 2.37. The topological polar surface area (TPSA) is 12.0 Å². The Morgan fingerprint density at radius 1 is 1.25 bits per heavy atom. The molecule has 1 aliphatic rings. The minimum absolute atomic E-state index is 0.731. The maximum atomic E-state index is 3.48. The molecule has 2 unspecified atom stereocenters. The lowest BCUT2D eigenvalue weighted by molar-refractivity contribution is 0.411. The molecule has 0 bridgehead atoms. The van der Waals surface area contributed by atoms with Crippen molar-refractivity contribution in [2.75, 3.05) is 0 Å². The van der Waals surface area contributed by atoms with Gasteiger partial charge in [0.2, 0.25) is 0 Å². The zero-order chi connectivity index (χ0) is 8.97. The number of hydrogen-bond donors (Lipinski definition) is 1. The van der Waals surface area contributed by atoms with Crippen molar-refractivity contribution < 1.29 is 0 Å². The van der Waals surface area contributed by atoms with Gasteiger partial charge in [-0.3, -0.25) is 0 Å². The molecule has 1 N–H and O–H groups in total. The zero-order valence-electron chi connectivity index (χ0n) is 8.56. The molecule has 0 aliphatic carbocycles. The maximum absolute atomic E-state index is 3.48. The normalized spacial score (nSPS) is 28.4. The van der Waals surface area contributed by atoms with Crippen molar-refractivity contribution in [3.8, 4) is 0 Å². The van der Waals surface area contributed by atoms with Crippen LogP contribution in [0.25, 0.3) is 0 Å². The Kier molecular flexibility index (Phi) is 3.64. The summed E-state index contributed by atoms with van der Waals surface area (Å²) in [5.74, 6) is 0.815. The summed E-state index contributed by atoms with van der Waals surface area (Å²) in [6.07, 6.45) is 7.47. The zero-order valence-corrected chi connectivity index (χ0v) is 8.56. The second-order valence-electron chi connectivity index (χ2n) is 3.85. The Balaban J connectivity index is 2.45. The fourth-order valence-electron chi connectivity index (χ4n) is 2.11. The van der Waals surface area contributed by atoms with Crippen LogP contribution in [0.2, 0.25) is 0 Å². The first-order chi connectivity index (χ1) is 5.79. The molecule has 2 atom stereocenters. The van der Waals surface area contributed by atoms with Crippen molar-refractivity contribution in [2.45, 2.75) is 52.5 Å². The predicted molar refractivity (Wildman–Crippen MR) is 54.0 cm³/mol. The van der Waals surface area contributed by atoms with Gasteiger partial charge >= 0.3 is 0 Å². The Labute approximate surface area is 76.2 Å². The molecule has 0 amide bonds. The standard InChI is InChI=1S/C11H21N/c1-4-6-10-9(3)8-12-11(10)7-5-2/h8,10-12H,4-7H2,1-3H3. The van der Waals surface area contributed by atoms with Gasteiger partial charge in [0.15, 0.2) is 0 Å². The minimum Gasteiger partial charge on any atom is -0.388 e. The molecular formula is C11H21N. The third-order valence-electron chi connectivity index (χ3n) is 2.80. The molecule has 70 valence electrons. The maximum Gasteiger partial charge on any atom is 0.0321 e. The van der Waals surface area contributed by atoms with E-state index in [0.717, 1.165) is 12.0 Å². The van der Waals surface area contributed by atoms with Crippen LogP contribution in [-0.2, 0) is 0 Å². The van der Waals surface area contributed by atoms with Gasteiger partial charge in [0, 0.05) is 12.0 Å². The summed E-state index contributed by atoms with van der Waals surface area (Å²) >= 11 is 0. The van der Waals surface area contributed by atoms with E-state index in [2.05, 4.69) is 32.3 Å². The SMILES string of the molecule is CCCC1NC=C(C)C1CCC. The van der Waals surface area contributed by atoms with Crippen molar-refractivity contribution in [3.05, 3.63) is 11.8 Å². The quantitative estimate of drug-likeness (QED) is 0.678. The second kappa shape index (κ2) is 4.54. The Bertz CT molecular complexity index is 160. The lowest BCUT2D eigenvalue weighted by Crippen LogP contribution is -2.26. The molecule has 1 rings (SSSR count). The first-order valence-corrected chi connectivity index (χ1v) is 5.22. The molecule has 0 aromatic heterocycles.